The number of likely N-dealkylation sites (tertiary alicyclic amines) is 1. The number of methoxy groups -OCH3 is 1. The number of amides is 1. The van der Waals surface area contributed by atoms with E-state index in [9.17, 15) is 4.79 Å². The van der Waals surface area contributed by atoms with Gasteiger partial charge in [0.25, 0.3) is 5.91 Å². The minimum absolute atomic E-state index is 0.0600. The van der Waals surface area contributed by atoms with Crippen molar-refractivity contribution in [1.82, 2.24) is 4.90 Å². The SMILES string of the molecule is CCCOc1c(Cl)cc(C(=O)N2CCC[C@H]2CN)cc1OC. The van der Waals surface area contributed by atoms with Gasteiger partial charge in [0, 0.05) is 24.7 Å². The van der Waals surface area contributed by atoms with Crippen LogP contribution in [0.4, 0.5) is 0 Å². The van der Waals surface area contributed by atoms with E-state index in [4.69, 9.17) is 26.8 Å². The molecule has 1 aromatic rings. The minimum Gasteiger partial charge on any atom is -0.493 e. The van der Waals surface area contributed by atoms with Gasteiger partial charge in [0.05, 0.1) is 18.7 Å². The first-order chi connectivity index (χ1) is 10.6. The maximum atomic E-state index is 12.7. The molecular formula is C16H23ClN2O3. The van der Waals surface area contributed by atoms with E-state index in [1.807, 2.05) is 11.8 Å². The van der Waals surface area contributed by atoms with Crippen LogP contribution >= 0.6 is 11.6 Å². The summed E-state index contributed by atoms with van der Waals surface area (Å²) in [6.07, 6.45) is 2.80. The Balaban J connectivity index is 2.28. The number of hydrogen-bond acceptors (Lipinski definition) is 4. The summed E-state index contributed by atoms with van der Waals surface area (Å²) in [7, 11) is 1.54. The second-order valence-electron chi connectivity index (χ2n) is 5.37. The van der Waals surface area contributed by atoms with Gasteiger partial charge in [0.15, 0.2) is 11.5 Å². The van der Waals surface area contributed by atoms with Crippen molar-refractivity contribution in [3.05, 3.63) is 22.7 Å². The van der Waals surface area contributed by atoms with Crippen LogP contribution < -0.4 is 15.2 Å². The lowest BCUT2D eigenvalue weighted by atomic mass is 10.1. The molecule has 1 aliphatic heterocycles. The normalized spacial score (nSPS) is 17.6. The van der Waals surface area contributed by atoms with Gasteiger partial charge in [0.1, 0.15) is 0 Å². The van der Waals surface area contributed by atoms with Crippen molar-refractivity contribution in [3.8, 4) is 11.5 Å². The van der Waals surface area contributed by atoms with Crippen LogP contribution in [0.2, 0.25) is 5.02 Å². The van der Waals surface area contributed by atoms with Gasteiger partial charge in [-0.1, -0.05) is 18.5 Å². The first-order valence-electron chi connectivity index (χ1n) is 7.63. The fraction of sp³-hybridized carbons (Fsp3) is 0.562. The fourth-order valence-electron chi connectivity index (χ4n) is 2.70. The van der Waals surface area contributed by atoms with Crippen LogP contribution in [0.1, 0.15) is 36.5 Å². The highest BCUT2D eigenvalue weighted by molar-refractivity contribution is 6.32. The zero-order valence-corrected chi connectivity index (χ0v) is 13.9. The molecule has 122 valence electrons. The van der Waals surface area contributed by atoms with Crippen LogP contribution in [-0.2, 0) is 0 Å². The summed E-state index contributed by atoms with van der Waals surface area (Å²) in [5.41, 5.74) is 6.25. The van der Waals surface area contributed by atoms with Crippen LogP contribution in [0.5, 0.6) is 11.5 Å². The van der Waals surface area contributed by atoms with Crippen molar-refractivity contribution >= 4 is 17.5 Å². The van der Waals surface area contributed by atoms with Crippen molar-refractivity contribution in [2.45, 2.75) is 32.2 Å². The Labute approximate surface area is 136 Å². The molecule has 1 fully saturated rings. The topological polar surface area (TPSA) is 64.8 Å². The second-order valence-corrected chi connectivity index (χ2v) is 5.78. The number of nitrogens with two attached hydrogens (primary N) is 1. The van der Waals surface area contributed by atoms with Crippen LogP contribution in [0, 0.1) is 0 Å². The number of carbonyl (C=O) groups is 1. The highest BCUT2D eigenvalue weighted by atomic mass is 35.5. The van der Waals surface area contributed by atoms with Gasteiger partial charge in [-0.25, -0.2) is 0 Å². The maximum absolute atomic E-state index is 12.7. The van der Waals surface area contributed by atoms with E-state index in [0.29, 0.717) is 35.2 Å². The Bertz CT molecular complexity index is 536. The van der Waals surface area contributed by atoms with Gasteiger partial charge in [-0.15, -0.1) is 0 Å². The fourth-order valence-corrected chi connectivity index (χ4v) is 2.97. The molecule has 1 heterocycles. The van der Waals surface area contributed by atoms with E-state index in [2.05, 4.69) is 0 Å². The summed E-state index contributed by atoms with van der Waals surface area (Å²) in [6.45, 7) is 3.77. The zero-order valence-electron chi connectivity index (χ0n) is 13.1. The molecule has 1 amide bonds. The van der Waals surface area contributed by atoms with E-state index in [1.165, 1.54) is 7.11 Å². The van der Waals surface area contributed by atoms with Crippen LogP contribution in [-0.4, -0.2) is 43.7 Å². The molecule has 5 nitrogen and oxygen atoms in total. The van der Waals surface area contributed by atoms with Crippen molar-refractivity contribution < 1.29 is 14.3 Å². The molecule has 6 heteroatoms. The third-order valence-corrected chi connectivity index (χ3v) is 4.12. The number of nitrogens with zero attached hydrogens (tertiary/aromatic N) is 1. The summed E-state index contributed by atoms with van der Waals surface area (Å²) in [5.74, 6) is 0.905. The molecule has 0 spiro atoms. The van der Waals surface area contributed by atoms with Crippen molar-refractivity contribution in [2.75, 3.05) is 26.8 Å². The molecule has 2 rings (SSSR count). The maximum Gasteiger partial charge on any atom is 0.254 e. The second kappa shape index (κ2) is 7.70. The van der Waals surface area contributed by atoms with Gasteiger partial charge in [-0.05, 0) is 31.4 Å². The molecule has 0 unspecified atom stereocenters. The lowest BCUT2D eigenvalue weighted by Gasteiger charge is -2.24. The molecule has 1 saturated heterocycles. The van der Waals surface area contributed by atoms with E-state index >= 15 is 0 Å². The average molecular weight is 327 g/mol. The van der Waals surface area contributed by atoms with Gasteiger partial charge in [-0.2, -0.15) is 0 Å². The standard InChI is InChI=1S/C16H23ClN2O3/c1-3-7-22-15-13(17)8-11(9-14(15)21-2)16(20)19-6-4-5-12(19)10-18/h8-9,12H,3-7,10,18H2,1-2H3/t12-/m0/s1. The van der Waals surface area contributed by atoms with Crippen LogP contribution in [0.25, 0.3) is 0 Å². The Morgan fingerprint density at radius 3 is 2.91 bits per heavy atom. The van der Waals surface area contributed by atoms with Crippen molar-refractivity contribution in [1.29, 1.82) is 0 Å². The molecule has 2 N–H and O–H groups in total. The van der Waals surface area contributed by atoms with Gasteiger partial charge in [0.2, 0.25) is 0 Å². The highest BCUT2D eigenvalue weighted by Gasteiger charge is 2.29. The first-order valence-corrected chi connectivity index (χ1v) is 8.01. The van der Waals surface area contributed by atoms with E-state index < -0.39 is 0 Å². The van der Waals surface area contributed by atoms with Crippen molar-refractivity contribution in [3.63, 3.8) is 0 Å². The Hall–Kier alpha value is -1.46. The summed E-state index contributed by atoms with van der Waals surface area (Å²) in [6, 6.07) is 3.43. The largest absolute Gasteiger partial charge is 0.493 e. The highest BCUT2D eigenvalue weighted by Crippen LogP contribution is 2.37. The molecule has 1 aliphatic rings. The predicted molar refractivity (Wildman–Crippen MR) is 86.9 cm³/mol. The molecule has 0 bridgehead atoms. The third-order valence-electron chi connectivity index (χ3n) is 3.84. The van der Waals surface area contributed by atoms with E-state index in [1.54, 1.807) is 12.1 Å². The number of carbonyl (C=O) groups excluding carboxylic acids is 1. The Morgan fingerprint density at radius 2 is 2.27 bits per heavy atom. The van der Waals surface area contributed by atoms with Gasteiger partial charge >= 0.3 is 0 Å². The predicted octanol–water partition coefficient (Wildman–Crippen LogP) is 2.70. The van der Waals surface area contributed by atoms with Crippen molar-refractivity contribution in [2.24, 2.45) is 5.73 Å². The average Bonchev–Trinajstić information content (AvgIpc) is 3.00. The smallest absolute Gasteiger partial charge is 0.254 e. The molecular weight excluding hydrogens is 304 g/mol. The number of rotatable bonds is 6. The Morgan fingerprint density at radius 1 is 1.50 bits per heavy atom. The quantitative estimate of drug-likeness (QED) is 0.873. The van der Waals surface area contributed by atoms with Crippen LogP contribution in [0.3, 0.4) is 0 Å². The Kier molecular flexibility index (Phi) is 5.91. The lowest BCUT2D eigenvalue weighted by molar-refractivity contribution is 0.0740. The molecule has 0 aliphatic carbocycles. The van der Waals surface area contributed by atoms with Gasteiger partial charge < -0.3 is 20.1 Å². The summed E-state index contributed by atoms with van der Waals surface area (Å²) in [5, 5.41) is 0.389. The molecule has 1 aromatic carbocycles. The summed E-state index contributed by atoms with van der Waals surface area (Å²) < 4.78 is 10.9. The molecule has 22 heavy (non-hydrogen) atoms. The number of hydrogen-bond donors (Lipinski definition) is 1. The molecule has 1 atom stereocenters. The molecule has 0 aromatic heterocycles. The molecule has 0 saturated carbocycles. The number of ether oxygens (including phenoxy) is 2. The molecule has 0 radical (unpaired) electrons. The first kappa shape index (κ1) is 16.9. The summed E-state index contributed by atoms with van der Waals surface area (Å²) in [4.78, 5) is 14.5. The number of halogens is 1. The number of benzene rings is 1. The van der Waals surface area contributed by atoms with E-state index in [0.717, 1.165) is 25.8 Å². The zero-order chi connectivity index (χ0) is 16.1. The summed E-state index contributed by atoms with van der Waals surface area (Å²) >= 11 is 6.27. The van der Waals surface area contributed by atoms with Gasteiger partial charge in [-0.3, -0.25) is 4.79 Å². The monoisotopic (exact) mass is 326 g/mol. The van der Waals surface area contributed by atoms with Crippen LogP contribution in [0.15, 0.2) is 12.1 Å². The third kappa shape index (κ3) is 3.47. The lowest BCUT2D eigenvalue weighted by Crippen LogP contribution is -2.39. The minimum atomic E-state index is -0.0600. The van der Waals surface area contributed by atoms with E-state index in [-0.39, 0.29) is 11.9 Å².